The van der Waals surface area contributed by atoms with Gasteiger partial charge in [-0.2, -0.15) is 0 Å². The van der Waals surface area contributed by atoms with Crippen LogP contribution in [0.3, 0.4) is 0 Å². The van der Waals surface area contributed by atoms with E-state index in [-0.39, 0.29) is 11.9 Å². The van der Waals surface area contributed by atoms with E-state index in [0.717, 1.165) is 22.5 Å². The number of carbonyl (C=O) groups excluding carboxylic acids is 1. The van der Waals surface area contributed by atoms with E-state index in [1.54, 1.807) is 12.4 Å². The van der Waals surface area contributed by atoms with Crippen LogP contribution < -0.4 is 16.4 Å². The third-order valence-corrected chi connectivity index (χ3v) is 3.70. The number of aliphatic imine (C=N–C) groups is 1. The fraction of sp³-hybridized carbons (Fsp3) is 0.167. The van der Waals surface area contributed by atoms with Gasteiger partial charge in [-0.15, -0.1) is 0 Å². The number of anilines is 2. The zero-order valence-electron chi connectivity index (χ0n) is 13.4. The van der Waals surface area contributed by atoms with E-state index in [1.807, 2.05) is 43.3 Å². The Morgan fingerprint density at radius 3 is 2.96 bits per heavy atom. The second-order valence-electron chi connectivity index (χ2n) is 5.59. The molecular formula is C18H19N5O. The lowest BCUT2D eigenvalue weighted by atomic mass is 10.0. The van der Waals surface area contributed by atoms with E-state index in [2.05, 4.69) is 20.6 Å². The maximum absolute atomic E-state index is 11.9. The first-order valence-electron chi connectivity index (χ1n) is 7.74. The number of nitrogens with one attached hydrogen (secondary N) is 2. The first-order chi connectivity index (χ1) is 11.7. The van der Waals surface area contributed by atoms with Crippen LogP contribution in [0.5, 0.6) is 0 Å². The highest BCUT2D eigenvalue weighted by Gasteiger charge is 2.20. The van der Waals surface area contributed by atoms with Crippen molar-refractivity contribution in [1.29, 1.82) is 0 Å². The van der Waals surface area contributed by atoms with E-state index >= 15 is 0 Å². The fourth-order valence-corrected chi connectivity index (χ4v) is 2.60. The number of amides is 1. The predicted octanol–water partition coefficient (Wildman–Crippen LogP) is 2.93. The maximum Gasteiger partial charge on any atom is 0.226 e. The summed E-state index contributed by atoms with van der Waals surface area (Å²) in [4.78, 5) is 20.4. The molecule has 0 unspecified atom stereocenters. The molecule has 1 aliphatic rings. The Balaban J connectivity index is 1.98. The molecule has 122 valence electrons. The van der Waals surface area contributed by atoms with Gasteiger partial charge in [0.25, 0.3) is 0 Å². The summed E-state index contributed by atoms with van der Waals surface area (Å²) < 4.78 is 0. The van der Waals surface area contributed by atoms with Gasteiger partial charge in [-0.05, 0) is 25.1 Å². The average molecular weight is 321 g/mol. The Kier molecular flexibility index (Phi) is 4.56. The lowest BCUT2D eigenvalue weighted by Crippen LogP contribution is -2.19. The molecule has 0 saturated carbocycles. The van der Waals surface area contributed by atoms with Crippen LogP contribution in [-0.4, -0.2) is 23.1 Å². The minimum atomic E-state index is -0.00803. The smallest absolute Gasteiger partial charge is 0.226 e. The molecule has 0 spiro atoms. The van der Waals surface area contributed by atoms with Gasteiger partial charge in [-0.3, -0.25) is 4.79 Å². The molecular weight excluding hydrogens is 302 g/mol. The van der Waals surface area contributed by atoms with Crippen molar-refractivity contribution in [1.82, 2.24) is 4.98 Å². The van der Waals surface area contributed by atoms with E-state index in [0.29, 0.717) is 12.2 Å². The van der Waals surface area contributed by atoms with Gasteiger partial charge in [0.05, 0.1) is 11.4 Å². The number of pyridine rings is 1. The number of fused-ring (bicyclic) bond motifs is 1. The standard InChI is InChI=1S/C18H19N5O/c1-12-9-17(24)23-15-6-4-5-14(18(15)22-12)13(10-19)11-21-16-7-2-3-8-20-16/h2-8,10-12,22H,9,19H2,1H3,(H,23,24)/b13-10+,21-11?/t12-/m1/s1. The molecule has 0 saturated heterocycles. The summed E-state index contributed by atoms with van der Waals surface area (Å²) in [5.41, 5.74) is 9.03. The van der Waals surface area contributed by atoms with Gasteiger partial charge >= 0.3 is 0 Å². The first-order valence-corrected chi connectivity index (χ1v) is 7.74. The maximum atomic E-state index is 11.9. The highest BCUT2D eigenvalue weighted by Crippen LogP contribution is 2.33. The van der Waals surface area contributed by atoms with Crippen LogP contribution >= 0.6 is 0 Å². The van der Waals surface area contributed by atoms with Crippen LogP contribution in [0.4, 0.5) is 17.2 Å². The van der Waals surface area contributed by atoms with Gasteiger partial charge in [0.15, 0.2) is 5.82 Å². The number of nitrogens with zero attached hydrogens (tertiary/aromatic N) is 2. The molecule has 2 aromatic rings. The van der Waals surface area contributed by atoms with Crippen molar-refractivity contribution in [2.45, 2.75) is 19.4 Å². The van der Waals surface area contributed by atoms with E-state index < -0.39 is 0 Å². The minimum absolute atomic E-state index is 0.00803. The zero-order valence-corrected chi connectivity index (χ0v) is 13.4. The van der Waals surface area contributed by atoms with E-state index in [9.17, 15) is 4.79 Å². The number of aromatic nitrogens is 1. The third-order valence-electron chi connectivity index (χ3n) is 3.70. The van der Waals surface area contributed by atoms with Gasteiger partial charge in [-0.25, -0.2) is 9.98 Å². The number of carbonyl (C=O) groups is 1. The Bertz CT molecular complexity index is 798. The van der Waals surface area contributed by atoms with Crippen molar-refractivity contribution in [3.8, 4) is 0 Å². The highest BCUT2D eigenvalue weighted by molar-refractivity contribution is 6.14. The minimum Gasteiger partial charge on any atom is -0.404 e. The number of nitrogens with two attached hydrogens (primary N) is 1. The number of allylic oxidation sites excluding steroid dienone is 1. The fourth-order valence-electron chi connectivity index (χ4n) is 2.60. The lowest BCUT2D eigenvalue weighted by Gasteiger charge is -2.16. The summed E-state index contributed by atoms with van der Waals surface area (Å²) in [6, 6.07) is 11.2. The summed E-state index contributed by atoms with van der Waals surface area (Å²) in [5, 5.41) is 6.30. The number of benzene rings is 1. The van der Waals surface area contributed by atoms with E-state index in [4.69, 9.17) is 5.73 Å². The Morgan fingerprint density at radius 1 is 1.33 bits per heavy atom. The summed E-state index contributed by atoms with van der Waals surface area (Å²) in [5.74, 6) is 0.597. The normalized spacial score (nSPS) is 17.8. The summed E-state index contributed by atoms with van der Waals surface area (Å²) in [6.07, 6.45) is 5.28. The van der Waals surface area contributed by atoms with Gasteiger partial charge in [0, 0.05) is 42.2 Å². The van der Waals surface area contributed by atoms with Gasteiger partial charge in [0.2, 0.25) is 5.91 Å². The molecule has 0 radical (unpaired) electrons. The van der Waals surface area contributed by atoms with Crippen LogP contribution in [0.1, 0.15) is 18.9 Å². The highest BCUT2D eigenvalue weighted by atomic mass is 16.1. The van der Waals surface area contributed by atoms with Crippen LogP contribution in [0.2, 0.25) is 0 Å². The molecule has 3 rings (SSSR count). The SMILES string of the molecule is C[C@@H]1CC(=O)Nc2cccc(/C(C=Nc3ccccn3)=C/N)c2N1. The zero-order chi connectivity index (χ0) is 16.9. The topological polar surface area (TPSA) is 92.4 Å². The molecule has 6 heteroatoms. The van der Waals surface area contributed by atoms with Crippen LogP contribution in [-0.2, 0) is 4.79 Å². The van der Waals surface area contributed by atoms with Crippen molar-refractivity contribution < 1.29 is 4.79 Å². The van der Waals surface area contributed by atoms with Crippen molar-refractivity contribution >= 4 is 34.9 Å². The predicted molar refractivity (Wildman–Crippen MR) is 97.3 cm³/mol. The molecule has 1 aliphatic heterocycles. The Labute approximate surface area is 140 Å². The third kappa shape index (κ3) is 3.43. The molecule has 0 aliphatic carbocycles. The second-order valence-corrected chi connectivity index (χ2v) is 5.59. The largest absolute Gasteiger partial charge is 0.404 e. The number of rotatable bonds is 3. The van der Waals surface area contributed by atoms with Gasteiger partial charge in [-0.1, -0.05) is 18.2 Å². The molecule has 0 bridgehead atoms. The Morgan fingerprint density at radius 2 is 2.21 bits per heavy atom. The molecule has 1 atom stereocenters. The summed E-state index contributed by atoms with van der Waals surface area (Å²) in [7, 11) is 0. The molecule has 1 amide bonds. The monoisotopic (exact) mass is 321 g/mol. The summed E-state index contributed by atoms with van der Waals surface area (Å²) in [6.45, 7) is 1.97. The van der Waals surface area contributed by atoms with Crippen molar-refractivity contribution in [2.75, 3.05) is 10.6 Å². The second kappa shape index (κ2) is 6.95. The van der Waals surface area contributed by atoms with Gasteiger partial charge in [0.1, 0.15) is 0 Å². The van der Waals surface area contributed by atoms with Crippen molar-refractivity contribution in [3.63, 3.8) is 0 Å². The van der Waals surface area contributed by atoms with Crippen LogP contribution in [0.25, 0.3) is 5.57 Å². The van der Waals surface area contributed by atoms with E-state index in [1.165, 1.54) is 6.20 Å². The van der Waals surface area contributed by atoms with Crippen molar-refractivity contribution in [2.24, 2.45) is 10.7 Å². The first kappa shape index (κ1) is 15.7. The molecule has 0 fully saturated rings. The van der Waals surface area contributed by atoms with Crippen molar-refractivity contribution in [3.05, 3.63) is 54.4 Å². The number of hydrogen-bond acceptors (Lipinski definition) is 5. The lowest BCUT2D eigenvalue weighted by molar-refractivity contribution is -0.116. The Hall–Kier alpha value is -3.15. The molecule has 1 aromatic carbocycles. The molecule has 4 N–H and O–H groups in total. The molecule has 24 heavy (non-hydrogen) atoms. The molecule has 1 aromatic heterocycles. The number of hydrogen-bond donors (Lipinski definition) is 3. The van der Waals surface area contributed by atoms with Gasteiger partial charge < -0.3 is 16.4 Å². The van der Waals surface area contributed by atoms with Crippen LogP contribution in [0.15, 0.2) is 53.8 Å². The molecule has 2 heterocycles. The van der Waals surface area contributed by atoms with Crippen LogP contribution in [0, 0.1) is 0 Å². The quantitative estimate of drug-likeness (QED) is 0.758. The average Bonchev–Trinajstić information content (AvgIpc) is 2.73. The summed E-state index contributed by atoms with van der Waals surface area (Å²) >= 11 is 0. The molecule has 6 nitrogen and oxygen atoms in total. The number of para-hydroxylation sites is 1.